The van der Waals surface area contributed by atoms with Gasteiger partial charge in [0.25, 0.3) is 0 Å². The highest BCUT2D eigenvalue weighted by molar-refractivity contribution is 9.10. The van der Waals surface area contributed by atoms with E-state index in [4.69, 9.17) is 0 Å². The first-order valence-corrected chi connectivity index (χ1v) is 7.31. The third-order valence-electron chi connectivity index (χ3n) is 4.20. The molecule has 2 heterocycles. The molecule has 1 aliphatic carbocycles. The number of carbonyl (C=O) groups is 1. The minimum Gasteiger partial charge on any atom is -0.334 e. The molecule has 3 aliphatic rings. The van der Waals surface area contributed by atoms with Crippen LogP contribution in [0.1, 0.15) is 35.8 Å². The Balaban J connectivity index is 1.95. The molecular formula is C14H13BrF3NO. The molecule has 2 atom stereocenters. The predicted molar refractivity (Wildman–Crippen MR) is 71.5 cm³/mol. The first-order chi connectivity index (χ1) is 9.36. The van der Waals surface area contributed by atoms with Gasteiger partial charge in [-0.05, 0) is 36.1 Å². The van der Waals surface area contributed by atoms with Gasteiger partial charge in [-0.25, -0.2) is 0 Å². The molecule has 108 valence electrons. The van der Waals surface area contributed by atoms with Gasteiger partial charge in [-0.15, -0.1) is 0 Å². The van der Waals surface area contributed by atoms with Crippen LogP contribution in [0.15, 0.2) is 22.7 Å². The second kappa shape index (κ2) is 4.76. The second-order valence-corrected chi connectivity index (χ2v) is 6.37. The van der Waals surface area contributed by atoms with Crippen LogP contribution in [0.25, 0.3) is 0 Å². The highest BCUT2D eigenvalue weighted by atomic mass is 79.9. The largest absolute Gasteiger partial charge is 0.471 e. The minimum absolute atomic E-state index is 0.00699. The highest BCUT2D eigenvalue weighted by Gasteiger charge is 2.46. The third-order valence-corrected chi connectivity index (χ3v) is 4.70. The quantitative estimate of drug-likeness (QED) is 0.698. The van der Waals surface area contributed by atoms with Crippen LogP contribution in [0.2, 0.25) is 0 Å². The molecular weight excluding hydrogens is 335 g/mol. The summed E-state index contributed by atoms with van der Waals surface area (Å²) in [4.78, 5) is 12.5. The summed E-state index contributed by atoms with van der Waals surface area (Å²) in [5, 5.41) is 0. The fourth-order valence-corrected chi connectivity index (χ4v) is 3.69. The number of hydrogen-bond donors (Lipinski definition) is 0. The van der Waals surface area contributed by atoms with E-state index in [-0.39, 0.29) is 24.9 Å². The molecule has 6 heteroatoms. The first-order valence-electron chi connectivity index (χ1n) is 6.51. The number of hydrogen-bond acceptors (Lipinski definition) is 1. The summed E-state index contributed by atoms with van der Waals surface area (Å²) in [7, 11) is 0. The van der Waals surface area contributed by atoms with E-state index in [0.29, 0.717) is 0 Å². The zero-order chi connectivity index (χ0) is 14.5. The van der Waals surface area contributed by atoms with Crippen LogP contribution >= 0.6 is 15.9 Å². The van der Waals surface area contributed by atoms with Gasteiger partial charge in [0.15, 0.2) is 0 Å². The molecule has 0 spiro atoms. The number of benzene rings is 1. The molecule has 4 rings (SSSR count). The third kappa shape index (κ3) is 2.34. The molecule has 0 radical (unpaired) electrons. The number of fused-ring (bicyclic) bond motifs is 3. The maximum absolute atomic E-state index is 12.6. The molecule has 1 aromatic rings. The smallest absolute Gasteiger partial charge is 0.334 e. The standard InChI is InChI=1S/C14H13BrF3NO/c15-10-3-4-11-8-1-2-9(12(11)5-10)7-19(6-8)13(20)14(16,17)18/h3-5,8-9H,1-2,6-7H2. The summed E-state index contributed by atoms with van der Waals surface area (Å²) in [6, 6.07) is 5.86. The Morgan fingerprint density at radius 2 is 1.75 bits per heavy atom. The maximum atomic E-state index is 12.6. The Morgan fingerprint density at radius 3 is 2.35 bits per heavy atom. The normalized spacial score (nSPS) is 25.3. The van der Waals surface area contributed by atoms with Gasteiger partial charge in [-0.3, -0.25) is 4.79 Å². The van der Waals surface area contributed by atoms with E-state index in [1.807, 2.05) is 18.2 Å². The van der Waals surface area contributed by atoms with Crippen molar-refractivity contribution in [3.63, 3.8) is 0 Å². The SMILES string of the molecule is O=C(N1CC2CCC(C1)c1cc(Br)ccc12)C(F)(F)F. The molecule has 2 nitrogen and oxygen atoms in total. The lowest BCUT2D eigenvalue weighted by atomic mass is 9.78. The molecule has 1 fully saturated rings. The molecule has 2 bridgehead atoms. The fourth-order valence-electron chi connectivity index (χ4n) is 3.32. The van der Waals surface area contributed by atoms with Crippen LogP contribution < -0.4 is 0 Å². The second-order valence-electron chi connectivity index (χ2n) is 5.45. The van der Waals surface area contributed by atoms with Crippen molar-refractivity contribution in [3.05, 3.63) is 33.8 Å². The lowest BCUT2D eigenvalue weighted by Crippen LogP contribution is -2.42. The summed E-state index contributed by atoms with van der Waals surface area (Å²) in [5.74, 6) is -1.68. The molecule has 2 aliphatic heterocycles. The predicted octanol–water partition coefficient (Wildman–Crippen LogP) is 3.81. The van der Waals surface area contributed by atoms with Crippen molar-refractivity contribution in [3.8, 4) is 0 Å². The number of alkyl halides is 3. The summed E-state index contributed by atoms with van der Waals surface area (Å²) < 4.78 is 38.8. The van der Waals surface area contributed by atoms with E-state index in [9.17, 15) is 18.0 Å². The molecule has 2 unspecified atom stereocenters. The van der Waals surface area contributed by atoms with Gasteiger partial charge < -0.3 is 4.90 Å². The molecule has 1 aromatic carbocycles. The van der Waals surface area contributed by atoms with Gasteiger partial charge in [-0.1, -0.05) is 22.0 Å². The summed E-state index contributed by atoms with van der Waals surface area (Å²) >= 11 is 3.40. The average molecular weight is 348 g/mol. The number of amides is 1. The van der Waals surface area contributed by atoms with E-state index in [1.54, 1.807) is 0 Å². The Morgan fingerprint density at radius 1 is 1.15 bits per heavy atom. The zero-order valence-corrected chi connectivity index (χ0v) is 12.2. The Bertz CT molecular complexity index is 558. The van der Waals surface area contributed by atoms with Gasteiger partial charge in [0.2, 0.25) is 0 Å². The monoisotopic (exact) mass is 347 g/mol. The zero-order valence-electron chi connectivity index (χ0n) is 10.6. The lowest BCUT2D eigenvalue weighted by Gasteiger charge is -2.26. The van der Waals surface area contributed by atoms with E-state index >= 15 is 0 Å². The van der Waals surface area contributed by atoms with Crippen LogP contribution in [0, 0.1) is 0 Å². The molecule has 20 heavy (non-hydrogen) atoms. The van der Waals surface area contributed by atoms with Crippen molar-refractivity contribution in [1.29, 1.82) is 0 Å². The topological polar surface area (TPSA) is 20.3 Å². The first kappa shape index (κ1) is 13.9. The van der Waals surface area contributed by atoms with E-state index in [0.717, 1.165) is 33.3 Å². The number of rotatable bonds is 0. The van der Waals surface area contributed by atoms with Gasteiger partial charge in [0.1, 0.15) is 0 Å². The van der Waals surface area contributed by atoms with Gasteiger partial charge in [0, 0.05) is 29.4 Å². The summed E-state index contributed by atoms with van der Waals surface area (Å²) in [6.07, 6.45) is -3.09. The van der Waals surface area contributed by atoms with Crippen LogP contribution in [-0.2, 0) is 4.79 Å². The van der Waals surface area contributed by atoms with Crippen molar-refractivity contribution in [2.75, 3.05) is 13.1 Å². The van der Waals surface area contributed by atoms with Crippen molar-refractivity contribution < 1.29 is 18.0 Å². The van der Waals surface area contributed by atoms with E-state index < -0.39 is 12.1 Å². The Labute approximate surface area is 123 Å². The summed E-state index contributed by atoms with van der Waals surface area (Å²) in [5.41, 5.74) is 2.19. The Hall–Kier alpha value is -1.04. The molecule has 1 amide bonds. The molecule has 0 N–H and O–H groups in total. The number of nitrogens with zero attached hydrogens (tertiary/aromatic N) is 1. The van der Waals surface area contributed by atoms with Gasteiger partial charge in [-0.2, -0.15) is 13.2 Å². The van der Waals surface area contributed by atoms with Crippen LogP contribution in [0.5, 0.6) is 0 Å². The van der Waals surface area contributed by atoms with E-state index in [2.05, 4.69) is 15.9 Å². The fraction of sp³-hybridized carbons (Fsp3) is 0.500. The van der Waals surface area contributed by atoms with Crippen LogP contribution in [0.4, 0.5) is 13.2 Å². The van der Waals surface area contributed by atoms with Crippen LogP contribution in [-0.4, -0.2) is 30.1 Å². The molecule has 0 saturated carbocycles. The Kier molecular flexibility index (Phi) is 3.31. The van der Waals surface area contributed by atoms with Crippen LogP contribution in [0.3, 0.4) is 0 Å². The maximum Gasteiger partial charge on any atom is 0.471 e. The van der Waals surface area contributed by atoms with Crippen molar-refractivity contribution in [2.45, 2.75) is 30.9 Å². The molecule has 0 aromatic heterocycles. The van der Waals surface area contributed by atoms with Crippen molar-refractivity contribution >= 4 is 21.8 Å². The highest BCUT2D eigenvalue weighted by Crippen LogP contribution is 2.44. The molecule has 1 saturated heterocycles. The lowest BCUT2D eigenvalue weighted by molar-refractivity contribution is -0.185. The average Bonchev–Trinajstić information content (AvgIpc) is 2.67. The van der Waals surface area contributed by atoms with Gasteiger partial charge in [0.05, 0.1) is 0 Å². The number of carbonyl (C=O) groups excluding carboxylic acids is 1. The van der Waals surface area contributed by atoms with E-state index in [1.165, 1.54) is 0 Å². The summed E-state index contributed by atoms with van der Waals surface area (Å²) in [6.45, 7) is 0.335. The van der Waals surface area contributed by atoms with Crippen molar-refractivity contribution in [1.82, 2.24) is 4.90 Å². The minimum atomic E-state index is -4.78. The van der Waals surface area contributed by atoms with Gasteiger partial charge >= 0.3 is 12.1 Å². The number of halogens is 4. The van der Waals surface area contributed by atoms with Crippen molar-refractivity contribution in [2.24, 2.45) is 0 Å².